The van der Waals surface area contributed by atoms with Gasteiger partial charge in [0.25, 0.3) is 0 Å². The van der Waals surface area contributed by atoms with E-state index in [2.05, 4.69) is 40.7 Å². The van der Waals surface area contributed by atoms with Crippen LogP contribution in [-0.2, 0) is 9.53 Å². The maximum absolute atomic E-state index is 12.7. The van der Waals surface area contributed by atoms with Crippen molar-refractivity contribution in [1.82, 2.24) is 0 Å². The van der Waals surface area contributed by atoms with E-state index in [9.17, 15) is 9.90 Å². The highest BCUT2D eigenvalue weighted by molar-refractivity contribution is 5.87. The summed E-state index contributed by atoms with van der Waals surface area (Å²) in [6.45, 7) is 12.5. The van der Waals surface area contributed by atoms with Crippen LogP contribution < -0.4 is 4.74 Å². The molecule has 0 amide bonds. The molecule has 3 saturated carbocycles. The molecule has 4 aliphatic carbocycles. The van der Waals surface area contributed by atoms with Gasteiger partial charge in [0.15, 0.2) is 11.5 Å². The molecule has 1 N–H and O–H groups in total. The maximum Gasteiger partial charge on any atom is 0.331 e. The number of benzene rings is 1. The van der Waals surface area contributed by atoms with Crippen LogP contribution in [-0.4, -0.2) is 24.3 Å². The lowest BCUT2D eigenvalue weighted by Crippen LogP contribution is -2.51. The molecule has 3 fully saturated rings. The van der Waals surface area contributed by atoms with Crippen LogP contribution in [0.25, 0.3) is 6.08 Å². The van der Waals surface area contributed by atoms with Crippen LogP contribution in [0.3, 0.4) is 0 Å². The molecule has 41 heavy (non-hydrogen) atoms. The monoisotopic (exact) mass is 562 g/mol. The van der Waals surface area contributed by atoms with Crippen LogP contribution >= 0.6 is 0 Å². The first kappa shape index (κ1) is 30.2. The third-order valence-electron chi connectivity index (χ3n) is 12.2. The molecule has 0 unspecified atom stereocenters. The molecule has 0 aliphatic heterocycles. The maximum atomic E-state index is 12.7. The number of carbonyl (C=O) groups excluding carboxylic acids is 1. The van der Waals surface area contributed by atoms with E-state index in [4.69, 9.17) is 9.47 Å². The summed E-state index contributed by atoms with van der Waals surface area (Å²) in [6.07, 6.45) is 19.6. The summed E-state index contributed by atoms with van der Waals surface area (Å²) in [5.74, 6) is 5.18. The van der Waals surface area contributed by atoms with Crippen LogP contribution in [0.5, 0.6) is 11.5 Å². The Morgan fingerprint density at radius 1 is 1.07 bits per heavy atom. The third kappa shape index (κ3) is 6.00. The van der Waals surface area contributed by atoms with Crippen molar-refractivity contribution >= 4 is 12.0 Å². The molecule has 8 atom stereocenters. The zero-order chi connectivity index (χ0) is 29.4. The minimum atomic E-state index is -0.309. The Morgan fingerprint density at radius 3 is 2.61 bits per heavy atom. The van der Waals surface area contributed by atoms with Gasteiger partial charge in [0.2, 0.25) is 0 Å². The van der Waals surface area contributed by atoms with Crippen molar-refractivity contribution in [2.75, 3.05) is 7.11 Å². The van der Waals surface area contributed by atoms with Crippen molar-refractivity contribution in [2.24, 2.45) is 46.3 Å². The Morgan fingerprint density at radius 2 is 1.88 bits per heavy atom. The van der Waals surface area contributed by atoms with Gasteiger partial charge in [-0.2, -0.15) is 0 Å². The number of methoxy groups -OCH3 is 1. The molecule has 4 nitrogen and oxygen atoms in total. The molecule has 0 radical (unpaired) electrons. The number of rotatable bonds is 9. The van der Waals surface area contributed by atoms with Crippen molar-refractivity contribution in [3.8, 4) is 11.5 Å². The number of allylic oxidation sites excluding steroid dienone is 1. The minimum Gasteiger partial charge on any atom is -0.504 e. The number of hydrogen-bond donors (Lipinski definition) is 1. The summed E-state index contributed by atoms with van der Waals surface area (Å²) in [6, 6.07) is 5.10. The summed E-state index contributed by atoms with van der Waals surface area (Å²) in [5, 5.41) is 10.0. The largest absolute Gasteiger partial charge is 0.504 e. The van der Waals surface area contributed by atoms with Gasteiger partial charge in [-0.1, -0.05) is 71.6 Å². The molecule has 0 spiro atoms. The van der Waals surface area contributed by atoms with Gasteiger partial charge in [-0.05, 0) is 115 Å². The van der Waals surface area contributed by atoms with Gasteiger partial charge in [0.1, 0.15) is 6.10 Å². The van der Waals surface area contributed by atoms with E-state index in [1.807, 2.05) is 6.07 Å². The first-order valence-electron chi connectivity index (χ1n) is 16.5. The number of carbonyl (C=O) groups is 1. The van der Waals surface area contributed by atoms with E-state index >= 15 is 0 Å². The Kier molecular flexibility index (Phi) is 8.98. The Hall–Kier alpha value is -2.23. The van der Waals surface area contributed by atoms with Gasteiger partial charge >= 0.3 is 5.97 Å². The molecule has 0 bridgehead atoms. The van der Waals surface area contributed by atoms with Crippen molar-refractivity contribution in [3.63, 3.8) is 0 Å². The molecule has 226 valence electrons. The van der Waals surface area contributed by atoms with E-state index < -0.39 is 0 Å². The highest BCUT2D eigenvalue weighted by atomic mass is 16.5. The van der Waals surface area contributed by atoms with Crippen molar-refractivity contribution in [3.05, 3.63) is 41.5 Å². The van der Waals surface area contributed by atoms with E-state index in [1.54, 1.807) is 23.8 Å². The number of phenols is 1. The van der Waals surface area contributed by atoms with Crippen LogP contribution in [0, 0.1) is 46.3 Å². The van der Waals surface area contributed by atoms with Crippen LogP contribution in [0.1, 0.15) is 111 Å². The lowest BCUT2D eigenvalue weighted by Gasteiger charge is -2.58. The fraction of sp³-hybridized carbons (Fsp3) is 0.703. The second-order valence-electron chi connectivity index (χ2n) is 14.9. The zero-order valence-corrected chi connectivity index (χ0v) is 26.5. The van der Waals surface area contributed by atoms with Gasteiger partial charge in [-0.25, -0.2) is 4.79 Å². The molecular formula is C37H54O4. The molecule has 5 rings (SSSR count). The first-order valence-corrected chi connectivity index (χ1v) is 16.5. The highest BCUT2D eigenvalue weighted by Crippen LogP contribution is 2.67. The predicted octanol–water partition coefficient (Wildman–Crippen LogP) is 9.37. The molecule has 1 aromatic carbocycles. The molecule has 0 aromatic heterocycles. The van der Waals surface area contributed by atoms with E-state index in [0.29, 0.717) is 11.2 Å². The molecular weight excluding hydrogens is 508 g/mol. The summed E-state index contributed by atoms with van der Waals surface area (Å²) in [7, 11) is 1.52. The standard InChI is InChI=1S/C37H54O4/c1-24(2)8-7-9-25(3)30-14-15-31-29-13-12-27-23-28(18-20-36(27,4)32(29)19-21-37(30,31)5)41-35(39)17-11-26-10-16-34(40-6)33(38)22-26/h10-12,16-17,22,24-25,28-32,38H,7-9,13-15,18-21,23H2,1-6H3/b17-11+/t25-,28+,29+,30-,31+,32+,36+,37-/m1/s1. The fourth-order valence-electron chi connectivity index (χ4n) is 9.93. The number of esters is 1. The number of phenolic OH excluding ortho intramolecular Hbond substituents is 1. The lowest BCUT2D eigenvalue weighted by atomic mass is 9.47. The minimum absolute atomic E-state index is 0.0521. The molecule has 4 heteroatoms. The second-order valence-corrected chi connectivity index (χ2v) is 14.9. The SMILES string of the molecule is COc1ccc(/C=C/C(=O)O[C@H]2CC[C@@]3(C)C(=CC[C@H]4[C@@H]5CC[C@H]([C@H](C)CCCC(C)C)[C@@]5(C)CC[C@@H]43)C2)cc1O. The van der Waals surface area contributed by atoms with Gasteiger partial charge in [0, 0.05) is 12.5 Å². The summed E-state index contributed by atoms with van der Waals surface area (Å²) in [5.41, 5.74) is 3.05. The van der Waals surface area contributed by atoms with Crippen molar-refractivity contribution < 1.29 is 19.4 Å². The number of aromatic hydroxyl groups is 1. The van der Waals surface area contributed by atoms with E-state index in [-0.39, 0.29) is 23.2 Å². The molecule has 0 saturated heterocycles. The zero-order valence-electron chi connectivity index (χ0n) is 26.5. The van der Waals surface area contributed by atoms with Gasteiger partial charge in [0.05, 0.1) is 7.11 Å². The average molecular weight is 563 g/mol. The average Bonchev–Trinajstić information content (AvgIpc) is 3.29. The first-order chi connectivity index (χ1) is 19.5. The van der Waals surface area contributed by atoms with E-state index in [0.717, 1.165) is 60.3 Å². The third-order valence-corrected chi connectivity index (χ3v) is 12.2. The molecule has 4 aliphatic rings. The summed E-state index contributed by atoms with van der Waals surface area (Å²) < 4.78 is 11.0. The molecule has 1 aromatic rings. The van der Waals surface area contributed by atoms with Crippen LogP contribution in [0.2, 0.25) is 0 Å². The predicted molar refractivity (Wildman–Crippen MR) is 167 cm³/mol. The normalized spacial score (nSPS) is 35.4. The quantitative estimate of drug-likeness (QED) is 0.185. The Balaban J connectivity index is 1.20. The Bertz CT molecular complexity index is 1150. The van der Waals surface area contributed by atoms with Gasteiger partial charge < -0.3 is 14.6 Å². The lowest BCUT2D eigenvalue weighted by molar-refractivity contribution is -0.145. The second kappa shape index (κ2) is 12.2. The topological polar surface area (TPSA) is 55.8 Å². The summed E-state index contributed by atoms with van der Waals surface area (Å²) >= 11 is 0. The van der Waals surface area contributed by atoms with Crippen LogP contribution in [0.4, 0.5) is 0 Å². The number of ether oxygens (including phenoxy) is 2. The van der Waals surface area contributed by atoms with E-state index in [1.165, 1.54) is 64.6 Å². The highest BCUT2D eigenvalue weighted by Gasteiger charge is 2.59. The van der Waals surface area contributed by atoms with Gasteiger partial charge in [-0.3, -0.25) is 0 Å². The van der Waals surface area contributed by atoms with Crippen LogP contribution in [0.15, 0.2) is 35.9 Å². The van der Waals surface area contributed by atoms with Crippen molar-refractivity contribution in [1.29, 1.82) is 0 Å². The number of hydrogen-bond acceptors (Lipinski definition) is 4. The Labute approximate surface area is 249 Å². The summed E-state index contributed by atoms with van der Waals surface area (Å²) in [4.78, 5) is 12.7. The fourth-order valence-corrected chi connectivity index (χ4v) is 9.93. The van der Waals surface area contributed by atoms with Gasteiger partial charge in [-0.15, -0.1) is 0 Å². The smallest absolute Gasteiger partial charge is 0.331 e. The molecule has 0 heterocycles. The number of fused-ring (bicyclic) bond motifs is 5. The van der Waals surface area contributed by atoms with Crippen molar-refractivity contribution in [2.45, 2.75) is 111 Å².